The van der Waals surface area contributed by atoms with Gasteiger partial charge in [-0.15, -0.1) is 0 Å². The van der Waals surface area contributed by atoms with Crippen LogP contribution < -0.4 is 20.1 Å². The molecule has 9 nitrogen and oxygen atoms in total. The summed E-state index contributed by atoms with van der Waals surface area (Å²) in [7, 11) is 1.51. The Morgan fingerprint density at radius 3 is 2.39 bits per heavy atom. The first kappa shape index (κ1) is 26.1. The maximum Gasteiger partial charge on any atom is 0.331 e. The minimum absolute atomic E-state index is 0.120. The van der Waals surface area contributed by atoms with Crippen LogP contribution in [0.15, 0.2) is 72.3 Å². The maximum atomic E-state index is 13.2. The number of ether oxygens (including phenoxy) is 2. The van der Waals surface area contributed by atoms with Crippen molar-refractivity contribution in [2.45, 2.75) is 20.1 Å². The summed E-state index contributed by atoms with van der Waals surface area (Å²) in [5.74, 6) is -1.11. The summed E-state index contributed by atoms with van der Waals surface area (Å²) in [6.07, 6.45) is 1.38. The number of nitrogens with one attached hydrogen (secondary N) is 2. The SMILES string of the molecule is COc1ccc(C=C2C(=O)NC(=O)N(Cc3ccc(F)cc3)C2=O)cc1COc1ccc(NC(C)=O)cc1. The number of rotatable bonds is 8. The smallest absolute Gasteiger partial charge is 0.331 e. The lowest BCUT2D eigenvalue weighted by atomic mass is 10.0. The van der Waals surface area contributed by atoms with Gasteiger partial charge in [0.05, 0.1) is 13.7 Å². The number of carbonyl (C=O) groups is 4. The van der Waals surface area contributed by atoms with E-state index >= 15 is 0 Å². The Morgan fingerprint density at radius 1 is 1.03 bits per heavy atom. The summed E-state index contributed by atoms with van der Waals surface area (Å²) in [4.78, 5) is 50.0. The fourth-order valence-corrected chi connectivity index (χ4v) is 3.78. The molecule has 3 aromatic carbocycles. The summed E-state index contributed by atoms with van der Waals surface area (Å²) in [6.45, 7) is 1.41. The van der Waals surface area contributed by atoms with Gasteiger partial charge in [0.1, 0.15) is 29.5 Å². The Labute approximate surface area is 217 Å². The van der Waals surface area contributed by atoms with Crippen molar-refractivity contribution < 1.29 is 33.0 Å². The van der Waals surface area contributed by atoms with Gasteiger partial charge in [-0.3, -0.25) is 24.6 Å². The fourth-order valence-electron chi connectivity index (χ4n) is 3.78. The van der Waals surface area contributed by atoms with Crippen molar-refractivity contribution in [2.75, 3.05) is 12.4 Å². The van der Waals surface area contributed by atoms with Gasteiger partial charge in [0, 0.05) is 18.2 Å². The summed E-state index contributed by atoms with van der Waals surface area (Å²) in [5, 5.41) is 4.85. The van der Waals surface area contributed by atoms with E-state index in [4.69, 9.17) is 9.47 Å². The first-order valence-corrected chi connectivity index (χ1v) is 11.5. The number of amides is 5. The van der Waals surface area contributed by atoms with Crippen LogP contribution in [0.5, 0.6) is 11.5 Å². The molecule has 1 aliphatic heterocycles. The standard InChI is InChI=1S/C28H24FN3O6/c1-17(33)30-22-8-10-23(11-9-22)38-16-20-13-19(5-12-25(20)37-2)14-24-26(34)31-28(36)32(27(24)35)15-18-3-6-21(29)7-4-18/h3-14H,15-16H2,1-2H3,(H,30,33)(H,31,34,36). The lowest BCUT2D eigenvalue weighted by Crippen LogP contribution is -2.53. The lowest BCUT2D eigenvalue weighted by Gasteiger charge is -2.26. The minimum Gasteiger partial charge on any atom is -0.496 e. The summed E-state index contributed by atoms with van der Waals surface area (Å²) >= 11 is 0. The molecule has 4 rings (SSSR count). The zero-order chi connectivity index (χ0) is 27.2. The van der Waals surface area contributed by atoms with Crippen LogP contribution in [0.25, 0.3) is 6.08 Å². The average Bonchev–Trinajstić information content (AvgIpc) is 2.89. The van der Waals surface area contributed by atoms with Crippen molar-refractivity contribution in [3.8, 4) is 11.5 Å². The molecule has 0 atom stereocenters. The quantitative estimate of drug-likeness (QED) is 0.345. The highest BCUT2D eigenvalue weighted by Crippen LogP contribution is 2.25. The molecule has 38 heavy (non-hydrogen) atoms. The largest absolute Gasteiger partial charge is 0.496 e. The van der Waals surface area contributed by atoms with E-state index in [1.54, 1.807) is 42.5 Å². The predicted octanol–water partition coefficient (Wildman–Crippen LogP) is 4.03. The number of halogens is 1. The van der Waals surface area contributed by atoms with Gasteiger partial charge >= 0.3 is 6.03 Å². The van der Waals surface area contributed by atoms with Gasteiger partial charge in [0.25, 0.3) is 11.8 Å². The number of hydrogen-bond acceptors (Lipinski definition) is 6. The van der Waals surface area contributed by atoms with E-state index in [1.807, 2.05) is 0 Å². The molecule has 0 aromatic heterocycles. The second-order valence-electron chi connectivity index (χ2n) is 8.40. The molecular formula is C28H24FN3O6. The van der Waals surface area contributed by atoms with Crippen LogP contribution in [0.1, 0.15) is 23.6 Å². The van der Waals surface area contributed by atoms with Crippen LogP contribution in [0.3, 0.4) is 0 Å². The molecule has 0 radical (unpaired) electrons. The highest BCUT2D eigenvalue weighted by Gasteiger charge is 2.35. The van der Waals surface area contributed by atoms with E-state index in [0.717, 1.165) is 4.90 Å². The number of carbonyl (C=O) groups excluding carboxylic acids is 4. The molecule has 1 saturated heterocycles. The van der Waals surface area contributed by atoms with E-state index in [9.17, 15) is 23.6 Å². The highest BCUT2D eigenvalue weighted by atomic mass is 19.1. The Hall–Kier alpha value is -4.99. The normalized spacial score (nSPS) is 14.3. The fraction of sp³-hybridized carbons (Fsp3) is 0.143. The molecule has 2 N–H and O–H groups in total. The highest BCUT2D eigenvalue weighted by molar-refractivity contribution is 6.30. The summed E-state index contributed by atoms with van der Waals surface area (Å²) in [5.41, 5.74) is 2.10. The van der Waals surface area contributed by atoms with Gasteiger partial charge in [-0.05, 0) is 65.7 Å². The Morgan fingerprint density at radius 2 is 1.74 bits per heavy atom. The Bertz CT molecular complexity index is 1420. The number of hydrogen-bond donors (Lipinski definition) is 2. The number of anilines is 1. The van der Waals surface area contributed by atoms with E-state index in [-0.39, 0.29) is 24.6 Å². The molecule has 5 amide bonds. The Balaban J connectivity index is 1.53. The third-order valence-corrected chi connectivity index (χ3v) is 5.62. The first-order chi connectivity index (χ1) is 18.2. The second-order valence-corrected chi connectivity index (χ2v) is 8.40. The van der Waals surface area contributed by atoms with Crippen LogP contribution >= 0.6 is 0 Å². The zero-order valence-corrected chi connectivity index (χ0v) is 20.6. The molecule has 194 valence electrons. The lowest BCUT2D eigenvalue weighted by molar-refractivity contribution is -0.130. The van der Waals surface area contributed by atoms with Gasteiger partial charge in [0.15, 0.2) is 0 Å². The molecule has 0 spiro atoms. The van der Waals surface area contributed by atoms with Crippen LogP contribution in [0.4, 0.5) is 14.9 Å². The van der Waals surface area contributed by atoms with E-state index < -0.39 is 23.7 Å². The monoisotopic (exact) mass is 517 g/mol. The molecular weight excluding hydrogens is 493 g/mol. The molecule has 1 fully saturated rings. The average molecular weight is 518 g/mol. The van der Waals surface area contributed by atoms with Crippen molar-refractivity contribution in [1.82, 2.24) is 10.2 Å². The topological polar surface area (TPSA) is 114 Å². The number of methoxy groups -OCH3 is 1. The third-order valence-electron chi connectivity index (χ3n) is 5.62. The molecule has 0 saturated carbocycles. The van der Waals surface area contributed by atoms with Gasteiger partial charge in [-0.25, -0.2) is 9.18 Å². The zero-order valence-electron chi connectivity index (χ0n) is 20.6. The van der Waals surface area contributed by atoms with Crippen LogP contribution in [-0.4, -0.2) is 35.8 Å². The molecule has 0 bridgehead atoms. The molecule has 10 heteroatoms. The molecule has 3 aromatic rings. The molecule has 1 aliphatic rings. The number of urea groups is 1. The number of imide groups is 2. The molecule has 0 aliphatic carbocycles. The van der Waals surface area contributed by atoms with Crippen molar-refractivity contribution in [2.24, 2.45) is 0 Å². The van der Waals surface area contributed by atoms with Gasteiger partial charge in [0.2, 0.25) is 5.91 Å². The van der Waals surface area contributed by atoms with E-state index in [2.05, 4.69) is 10.6 Å². The van der Waals surface area contributed by atoms with Crippen LogP contribution in [0.2, 0.25) is 0 Å². The number of nitrogens with zero attached hydrogens (tertiary/aromatic N) is 1. The van der Waals surface area contributed by atoms with Crippen molar-refractivity contribution in [3.63, 3.8) is 0 Å². The van der Waals surface area contributed by atoms with E-state index in [1.165, 1.54) is 44.4 Å². The van der Waals surface area contributed by atoms with Crippen LogP contribution in [-0.2, 0) is 27.5 Å². The van der Waals surface area contributed by atoms with Crippen molar-refractivity contribution in [3.05, 3.63) is 94.8 Å². The van der Waals surface area contributed by atoms with Crippen molar-refractivity contribution >= 4 is 35.5 Å². The number of barbiturate groups is 1. The van der Waals surface area contributed by atoms with Gasteiger partial charge < -0.3 is 14.8 Å². The molecule has 1 heterocycles. The first-order valence-electron chi connectivity index (χ1n) is 11.5. The van der Waals surface area contributed by atoms with Gasteiger partial charge in [-0.1, -0.05) is 18.2 Å². The van der Waals surface area contributed by atoms with Gasteiger partial charge in [-0.2, -0.15) is 0 Å². The van der Waals surface area contributed by atoms with Crippen molar-refractivity contribution in [1.29, 1.82) is 0 Å². The second kappa shape index (κ2) is 11.4. The number of benzene rings is 3. The summed E-state index contributed by atoms with van der Waals surface area (Å²) in [6, 6.07) is 16.4. The predicted molar refractivity (Wildman–Crippen MR) is 137 cm³/mol. The summed E-state index contributed by atoms with van der Waals surface area (Å²) < 4.78 is 24.5. The third kappa shape index (κ3) is 6.22. The minimum atomic E-state index is -0.852. The van der Waals surface area contributed by atoms with Crippen LogP contribution in [0, 0.1) is 5.82 Å². The van der Waals surface area contributed by atoms with E-state index in [0.29, 0.717) is 33.9 Å². The molecule has 0 unspecified atom stereocenters. The maximum absolute atomic E-state index is 13.2. The Kier molecular flexibility index (Phi) is 7.81.